The highest BCUT2D eigenvalue weighted by molar-refractivity contribution is 5.36. The van der Waals surface area contributed by atoms with Crippen LogP contribution < -0.4 is 0 Å². The average Bonchev–Trinajstić information content (AvgIpc) is 2.91. The lowest BCUT2D eigenvalue weighted by Gasteiger charge is -2.24. The van der Waals surface area contributed by atoms with Gasteiger partial charge in [0.15, 0.2) is 5.65 Å². The Balaban J connectivity index is 1.80. The molecule has 102 valence electrons. The fraction of sp³-hybridized carbons (Fsp3) is 0.267. The largest absolute Gasteiger partial charge is 0.300 e. The van der Waals surface area contributed by atoms with Gasteiger partial charge < -0.3 is 0 Å². The van der Waals surface area contributed by atoms with E-state index in [1.807, 2.05) is 24.8 Å². The molecule has 0 N–H and O–H groups in total. The number of imidazole rings is 1. The van der Waals surface area contributed by atoms with E-state index in [0.29, 0.717) is 6.04 Å². The van der Waals surface area contributed by atoms with Gasteiger partial charge >= 0.3 is 0 Å². The van der Waals surface area contributed by atoms with Crippen molar-refractivity contribution in [2.24, 2.45) is 0 Å². The summed E-state index contributed by atoms with van der Waals surface area (Å²) in [5.41, 5.74) is 3.30. The minimum atomic E-state index is 0.324. The summed E-state index contributed by atoms with van der Waals surface area (Å²) in [5, 5.41) is 0. The van der Waals surface area contributed by atoms with Crippen LogP contribution in [0.25, 0.3) is 5.65 Å². The molecule has 5 nitrogen and oxygen atoms in total. The first kappa shape index (κ1) is 12.7. The second kappa shape index (κ2) is 5.38. The normalized spacial score (nSPS) is 12.9. The molecule has 0 amide bonds. The predicted octanol–water partition coefficient (Wildman–Crippen LogP) is 2.32. The second-order valence-corrected chi connectivity index (χ2v) is 4.93. The number of hydrogen-bond donors (Lipinski definition) is 0. The molecule has 1 atom stereocenters. The molecule has 0 radical (unpaired) electrons. The van der Waals surface area contributed by atoms with Crippen molar-refractivity contribution in [1.29, 1.82) is 0 Å². The van der Waals surface area contributed by atoms with Crippen LogP contribution >= 0.6 is 0 Å². The van der Waals surface area contributed by atoms with Gasteiger partial charge in [0.1, 0.15) is 0 Å². The third kappa shape index (κ3) is 2.40. The zero-order valence-electron chi connectivity index (χ0n) is 11.6. The zero-order chi connectivity index (χ0) is 13.9. The van der Waals surface area contributed by atoms with Crippen molar-refractivity contribution < 1.29 is 0 Å². The summed E-state index contributed by atoms with van der Waals surface area (Å²) >= 11 is 0. The fourth-order valence-electron chi connectivity index (χ4n) is 2.30. The van der Waals surface area contributed by atoms with Crippen molar-refractivity contribution >= 4 is 5.65 Å². The molecule has 3 aromatic heterocycles. The van der Waals surface area contributed by atoms with Crippen LogP contribution in [0.15, 0.2) is 49.3 Å². The molecule has 0 bridgehead atoms. The van der Waals surface area contributed by atoms with Crippen LogP contribution in [0.4, 0.5) is 0 Å². The Morgan fingerprint density at radius 1 is 1.15 bits per heavy atom. The van der Waals surface area contributed by atoms with Gasteiger partial charge in [-0.2, -0.15) is 0 Å². The van der Waals surface area contributed by atoms with Gasteiger partial charge in [-0.3, -0.25) is 19.3 Å². The van der Waals surface area contributed by atoms with E-state index >= 15 is 0 Å². The van der Waals surface area contributed by atoms with Crippen LogP contribution in [0, 0.1) is 0 Å². The summed E-state index contributed by atoms with van der Waals surface area (Å²) in [6.45, 7) is 3.02. The van der Waals surface area contributed by atoms with Crippen molar-refractivity contribution in [2.75, 3.05) is 7.05 Å². The molecule has 0 aliphatic carbocycles. The van der Waals surface area contributed by atoms with Crippen molar-refractivity contribution in [3.63, 3.8) is 0 Å². The molecule has 5 heteroatoms. The first-order valence-electron chi connectivity index (χ1n) is 6.62. The Labute approximate surface area is 117 Å². The van der Waals surface area contributed by atoms with Gasteiger partial charge in [-0.15, -0.1) is 0 Å². The van der Waals surface area contributed by atoms with Crippen LogP contribution in [0.1, 0.15) is 24.2 Å². The number of nitrogens with zero attached hydrogens (tertiary/aromatic N) is 5. The smallest absolute Gasteiger partial charge is 0.155 e. The van der Waals surface area contributed by atoms with Crippen LogP contribution in [0.3, 0.4) is 0 Å². The number of rotatable bonds is 4. The molecule has 0 aromatic carbocycles. The van der Waals surface area contributed by atoms with Gasteiger partial charge in [0.2, 0.25) is 0 Å². The number of hydrogen-bond acceptors (Lipinski definition) is 4. The Hall–Kier alpha value is -2.27. The van der Waals surface area contributed by atoms with Crippen molar-refractivity contribution in [1.82, 2.24) is 24.3 Å². The standard InChI is InChI=1S/C15H17N5/c1-12(13-3-5-16-6-4-13)19(2)11-14-9-18-15-10-17-7-8-20(14)15/h3-10,12H,11H2,1-2H3/t12-/m0/s1. The molecule has 0 aliphatic rings. The highest BCUT2D eigenvalue weighted by atomic mass is 15.2. The summed E-state index contributed by atoms with van der Waals surface area (Å²) in [6.07, 6.45) is 11.1. The fourth-order valence-corrected chi connectivity index (χ4v) is 2.30. The van der Waals surface area contributed by atoms with Gasteiger partial charge in [-0.05, 0) is 31.7 Å². The third-order valence-corrected chi connectivity index (χ3v) is 3.65. The van der Waals surface area contributed by atoms with E-state index in [4.69, 9.17) is 0 Å². The summed E-state index contributed by atoms with van der Waals surface area (Å²) in [4.78, 5) is 14.8. The zero-order valence-corrected chi connectivity index (χ0v) is 11.6. The second-order valence-electron chi connectivity index (χ2n) is 4.93. The van der Waals surface area contributed by atoms with Crippen molar-refractivity contribution in [3.05, 3.63) is 60.6 Å². The third-order valence-electron chi connectivity index (χ3n) is 3.65. The minimum Gasteiger partial charge on any atom is -0.300 e. The first-order chi connectivity index (χ1) is 9.75. The maximum atomic E-state index is 4.37. The first-order valence-corrected chi connectivity index (χ1v) is 6.62. The van der Waals surface area contributed by atoms with E-state index in [1.54, 1.807) is 12.4 Å². The highest BCUT2D eigenvalue weighted by Gasteiger charge is 2.13. The van der Waals surface area contributed by atoms with Crippen LogP contribution in [-0.2, 0) is 6.54 Å². The molecule has 0 unspecified atom stereocenters. The van der Waals surface area contributed by atoms with Crippen LogP contribution in [0.5, 0.6) is 0 Å². The average molecular weight is 267 g/mol. The highest BCUT2D eigenvalue weighted by Crippen LogP contribution is 2.20. The molecule has 0 fully saturated rings. The summed E-state index contributed by atoms with van der Waals surface area (Å²) < 4.78 is 2.07. The molecule has 3 aromatic rings. The van der Waals surface area contributed by atoms with Gasteiger partial charge in [0.25, 0.3) is 0 Å². The summed E-state index contributed by atoms with van der Waals surface area (Å²) in [6, 6.07) is 4.43. The molecule has 3 heterocycles. The SMILES string of the molecule is C[C@@H](c1ccncc1)N(C)Cc1cnc2cnccn12. The molecule has 3 rings (SSSR count). The Kier molecular flexibility index (Phi) is 3.43. The van der Waals surface area contributed by atoms with E-state index in [1.165, 1.54) is 5.56 Å². The Bertz CT molecular complexity index is 692. The summed E-state index contributed by atoms with van der Waals surface area (Å²) in [7, 11) is 2.12. The molecule has 20 heavy (non-hydrogen) atoms. The van der Waals surface area contributed by atoms with Gasteiger partial charge in [0, 0.05) is 37.4 Å². The molecule has 0 saturated heterocycles. The Morgan fingerprint density at radius 2 is 1.95 bits per heavy atom. The lowest BCUT2D eigenvalue weighted by atomic mass is 10.1. The van der Waals surface area contributed by atoms with Gasteiger partial charge in [-0.1, -0.05) is 0 Å². The van der Waals surface area contributed by atoms with Crippen molar-refractivity contribution in [3.8, 4) is 0 Å². The molecular formula is C15H17N5. The molecular weight excluding hydrogens is 250 g/mol. The molecule has 0 saturated carbocycles. The maximum absolute atomic E-state index is 4.37. The number of aromatic nitrogens is 4. The predicted molar refractivity (Wildman–Crippen MR) is 77.1 cm³/mol. The summed E-state index contributed by atoms with van der Waals surface area (Å²) in [5.74, 6) is 0. The van der Waals surface area contributed by atoms with Gasteiger partial charge in [0.05, 0.1) is 18.1 Å². The van der Waals surface area contributed by atoms with Crippen LogP contribution in [0.2, 0.25) is 0 Å². The quantitative estimate of drug-likeness (QED) is 0.728. The topological polar surface area (TPSA) is 46.3 Å². The van der Waals surface area contributed by atoms with E-state index in [-0.39, 0.29) is 0 Å². The maximum Gasteiger partial charge on any atom is 0.155 e. The van der Waals surface area contributed by atoms with Crippen molar-refractivity contribution in [2.45, 2.75) is 19.5 Å². The monoisotopic (exact) mass is 267 g/mol. The lowest BCUT2D eigenvalue weighted by Crippen LogP contribution is -2.22. The number of pyridine rings is 1. The van der Waals surface area contributed by atoms with E-state index in [0.717, 1.165) is 17.9 Å². The lowest BCUT2D eigenvalue weighted by molar-refractivity contribution is 0.249. The number of fused-ring (bicyclic) bond motifs is 1. The minimum absolute atomic E-state index is 0.324. The Morgan fingerprint density at radius 3 is 2.75 bits per heavy atom. The van der Waals surface area contributed by atoms with E-state index in [9.17, 15) is 0 Å². The van der Waals surface area contributed by atoms with E-state index < -0.39 is 0 Å². The van der Waals surface area contributed by atoms with Crippen LogP contribution in [-0.4, -0.2) is 31.3 Å². The van der Waals surface area contributed by atoms with Gasteiger partial charge in [-0.25, -0.2) is 4.98 Å². The molecule has 0 aliphatic heterocycles. The molecule has 0 spiro atoms. The van der Waals surface area contributed by atoms with E-state index in [2.05, 4.69) is 50.4 Å².